The van der Waals surface area contributed by atoms with E-state index in [1.54, 1.807) is 5.56 Å². The number of unbranched alkanes of at least 4 members (excludes halogenated alkanes) is 24. The summed E-state index contributed by atoms with van der Waals surface area (Å²) in [6, 6.07) is 2.41. The van der Waals surface area contributed by atoms with E-state index in [1.165, 1.54) is 180 Å². The second kappa shape index (κ2) is 26.0. The molecule has 0 saturated heterocycles. The van der Waals surface area contributed by atoms with Crippen LogP contribution in [0.1, 0.15) is 206 Å². The minimum Gasteiger partial charge on any atom is -0.152 e. The zero-order chi connectivity index (χ0) is 26.7. The van der Waals surface area contributed by atoms with Gasteiger partial charge in [0.1, 0.15) is 0 Å². The van der Waals surface area contributed by atoms with Crippen LogP contribution >= 0.6 is 11.3 Å². The summed E-state index contributed by atoms with van der Waals surface area (Å²) in [7, 11) is 0. The Hall–Kier alpha value is -0.300. The Morgan fingerprint density at radius 1 is 0.459 bits per heavy atom. The molecule has 1 aromatic rings. The average molecular weight is 533 g/mol. The van der Waals surface area contributed by atoms with Gasteiger partial charge in [0, 0.05) is 0 Å². The molecule has 37 heavy (non-hydrogen) atoms. The lowest BCUT2D eigenvalue weighted by Gasteiger charge is -2.29. The highest BCUT2D eigenvalue weighted by molar-refractivity contribution is 7.08. The van der Waals surface area contributed by atoms with E-state index in [0.717, 1.165) is 0 Å². The molecular formula is C36H68S. The Kier molecular flexibility index (Phi) is 24.4. The first-order valence-electron chi connectivity index (χ1n) is 17.3. The maximum absolute atomic E-state index is 2.57. The quantitative estimate of drug-likeness (QED) is 0.0900. The molecule has 0 radical (unpaired) electrons. The molecule has 0 aliphatic carbocycles. The molecule has 1 heterocycles. The molecule has 1 rings (SSSR count). The van der Waals surface area contributed by atoms with Crippen LogP contribution < -0.4 is 0 Å². The van der Waals surface area contributed by atoms with Crippen molar-refractivity contribution in [2.24, 2.45) is 0 Å². The van der Waals surface area contributed by atoms with E-state index in [-0.39, 0.29) is 0 Å². The fourth-order valence-corrected chi connectivity index (χ4v) is 6.90. The van der Waals surface area contributed by atoms with Gasteiger partial charge in [-0.3, -0.25) is 0 Å². The largest absolute Gasteiger partial charge is 0.152 e. The fourth-order valence-electron chi connectivity index (χ4n) is 6.09. The first-order chi connectivity index (χ1) is 18.2. The Balaban J connectivity index is 2.04. The Bertz CT molecular complexity index is 515. The number of thiophene rings is 1. The predicted molar refractivity (Wildman–Crippen MR) is 172 cm³/mol. The standard InChI is InChI=1S/C36H68S/c1-4-6-8-10-12-14-16-18-20-22-24-26-28-31-36(3,35-30-33-37-34-35)32-29-27-25-23-21-19-17-15-13-11-9-7-5-2/h30,33-34H,4-29,31-32H2,1-3H3. The van der Waals surface area contributed by atoms with Gasteiger partial charge in [-0.05, 0) is 40.6 Å². The summed E-state index contributed by atoms with van der Waals surface area (Å²) in [5, 5.41) is 4.73. The van der Waals surface area contributed by atoms with Crippen molar-refractivity contribution in [1.29, 1.82) is 0 Å². The molecule has 1 heteroatoms. The Morgan fingerprint density at radius 3 is 1.03 bits per heavy atom. The predicted octanol–water partition coefficient (Wildman–Crippen LogP) is 14.0. The summed E-state index contributed by atoms with van der Waals surface area (Å²) in [6.07, 6.45) is 40.5. The van der Waals surface area contributed by atoms with Gasteiger partial charge >= 0.3 is 0 Å². The van der Waals surface area contributed by atoms with E-state index in [2.05, 4.69) is 37.6 Å². The van der Waals surface area contributed by atoms with Crippen molar-refractivity contribution in [3.05, 3.63) is 22.4 Å². The highest BCUT2D eigenvalue weighted by atomic mass is 32.1. The molecule has 0 saturated carbocycles. The maximum Gasteiger partial charge on any atom is -0.00557 e. The van der Waals surface area contributed by atoms with Crippen molar-refractivity contribution >= 4 is 11.3 Å². The summed E-state index contributed by atoms with van der Waals surface area (Å²) >= 11 is 1.89. The monoisotopic (exact) mass is 533 g/mol. The molecule has 0 atom stereocenters. The average Bonchev–Trinajstić information content (AvgIpc) is 3.46. The minimum atomic E-state index is 0.412. The summed E-state index contributed by atoms with van der Waals surface area (Å²) in [5.74, 6) is 0. The summed E-state index contributed by atoms with van der Waals surface area (Å²) < 4.78 is 0. The van der Waals surface area contributed by atoms with Gasteiger partial charge in [-0.1, -0.05) is 188 Å². The van der Waals surface area contributed by atoms with E-state index >= 15 is 0 Å². The first-order valence-corrected chi connectivity index (χ1v) is 18.2. The van der Waals surface area contributed by atoms with Gasteiger partial charge in [0.25, 0.3) is 0 Å². The van der Waals surface area contributed by atoms with Crippen LogP contribution in [0.15, 0.2) is 16.8 Å². The maximum atomic E-state index is 2.57. The summed E-state index contributed by atoms with van der Waals surface area (Å²) in [5.41, 5.74) is 2.03. The highest BCUT2D eigenvalue weighted by Gasteiger charge is 2.25. The van der Waals surface area contributed by atoms with Crippen LogP contribution in [0.3, 0.4) is 0 Å². The van der Waals surface area contributed by atoms with Crippen molar-refractivity contribution in [2.45, 2.75) is 206 Å². The zero-order valence-corrected chi connectivity index (χ0v) is 26.8. The first kappa shape index (κ1) is 34.7. The Labute approximate surface area is 239 Å². The number of rotatable bonds is 29. The van der Waals surface area contributed by atoms with Crippen LogP contribution in [0.25, 0.3) is 0 Å². The molecule has 1 aromatic heterocycles. The zero-order valence-electron chi connectivity index (χ0n) is 25.9. The molecule has 0 spiro atoms. The highest BCUT2D eigenvalue weighted by Crippen LogP contribution is 2.36. The van der Waals surface area contributed by atoms with Crippen molar-refractivity contribution < 1.29 is 0 Å². The van der Waals surface area contributed by atoms with Crippen molar-refractivity contribution in [3.63, 3.8) is 0 Å². The van der Waals surface area contributed by atoms with Gasteiger partial charge in [-0.2, -0.15) is 11.3 Å². The second-order valence-electron chi connectivity index (χ2n) is 12.6. The van der Waals surface area contributed by atoms with Gasteiger partial charge in [-0.15, -0.1) is 0 Å². The van der Waals surface area contributed by atoms with Gasteiger partial charge in [-0.25, -0.2) is 0 Å². The van der Waals surface area contributed by atoms with Crippen LogP contribution in [-0.4, -0.2) is 0 Å². The van der Waals surface area contributed by atoms with Crippen LogP contribution in [0.2, 0.25) is 0 Å². The summed E-state index contributed by atoms with van der Waals surface area (Å²) in [4.78, 5) is 0. The summed E-state index contributed by atoms with van der Waals surface area (Å²) in [6.45, 7) is 7.18. The van der Waals surface area contributed by atoms with E-state index < -0.39 is 0 Å². The van der Waals surface area contributed by atoms with Gasteiger partial charge in [0.15, 0.2) is 0 Å². The minimum absolute atomic E-state index is 0.412. The fraction of sp³-hybridized carbons (Fsp3) is 0.889. The van der Waals surface area contributed by atoms with E-state index in [4.69, 9.17) is 0 Å². The van der Waals surface area contributed by atoms with E-state index in [9.17, 15) is 0 Å². The lowest BCUT2D eigenvalue weighted by molar-refractivity contribution is 0.362. The second-order valence-corrected chi connectivity index (χ2v) is 13.3. The SMILES string of the molecule is CCCCCCCCCCCCCCCC(C)(CCCCCCCCCCCCCCC)c1ccsc1. The normalized spacial score (nSPS) is 12.0. The molecule has 0 nitrogen and oxygen atoms in total. The van der Waals surface area contributed by atoms with E-state index in [1.807, 2.05) is 11.3 Å². The molecule has 0 N–H and O–H groups in total. The molecule has 218 valence electrons. The van der Waals surface area contributed by atoms with Crippen molar-refractivity contribution in [2.75, 3.05) is 0 Å². The van der Waals surface area contributed by atoms with Gasteiger partial charge < -0.3 is 0 Å². The molecular weight excluding hydrogens is 464 g/mol. The molecule has 0 amide bonds. The smallest absolute Gasteiger partial charge is 0.00557 e. The molecule has 0 bridgehead atoms. The van der Waals surface area contributed by atoms with Gasteiger partial charge in [0.05, 0.1) is 0 Å². The molecule has 0 aliphatic heterocycles. The topological polar surface area (TPSA) is 0 Å². The number of hydrogen-bond donors (Lipinski definition) is 0. The molecule has 0 aromatic carbocycles. The lowest BCUT2D eigenvalue weighted by Crippen LogP contribution is -2.21. The van der Waals surface area contributed by atoms with Crippen molar-refractivity contribution in [3.8, 4) is 0 Å². The third-order valence-electron chi connectivity index (χ3n) is 8.88. The molecule has 0 fully saturated rings. The van der Waals surface area contributed by atoms with Crippen LogP contribution in [-0.2, 0) is 5.41 Å². The van der Waals surface area contributed by atoms with Crippen LogP contribution in [0.4, 0.5) is 0 Å². The van der Waals surface area contributed by atoms with Crippen molar-refractivity contribution in [1.82, 2.24) is 0 Å². The lowest BCUT2D eigenvalue weighted by atomic mass is 9.75. The third-order valence-corrected chi connectivity index (χ3v) is 9.57. The number of hydrogen-bond acceptors (Lipinski definition) is 1. The molecule has 0 aliphatic rings. The third kappa shape index (κ3) is 20.3. The van der Waals surface area contributed by atoms with E-state index in [0.29, 0.717) is 5.41 Å². The molecule has 0 unspecified atom stereocenters. The Morgan fingerprint density at radius 2 is 0.757 bits per heavy atom. The van der Waals surface area contributed by atoms with Gasteiger partial charge in [0.2, 0.25) is 0 Å². The van der Waals surface area contributed by atoms with Crippen LogP contribution in [0, 0.1) is 0 Å². The van der Waals surface area contributed by atoms with Crippen LogP contribution in [0.5, 0.6) is 0 Å².